The summed E-state index contributed by atoms with van der Waals surface area (Å²) in [6.07, 6.45) is 2.87. The van der Waals surface area contributed by atoms with Crippen LogP contribution in [0.1, 0.15) is 13.8 Å². The van der Waals surface area contributed by atoms with E-state index < -0.39 is 11.5 Å². The average molecular weight is 235 g/mol. The summed E-state index contributed by atoms with van der Waals surface area (Å²) >= 11 is 0. The van der Waals surface area contributed by atoms with Crippen molar-refractivity contribution >= 4 is 23.0 Å². The van der Waals surface area contributed by atoms with Gasteiger partial charge in [-0.15, -0.1) is 0 Å². The number of anilines is 1. The molecule has 2 aromatic heterocycles. The van der Waals surface area contributed by atoms with E-state index in [4.69, 9.17) is 0 Å². The fourth-order valence-corrected chi connectivity index (χ4v) is 1.41. The molecule has 0 amide bonds. The van der Waals surface area contributed by atoms with Gasteiger partial charge in [0.25, 0.3) is 0 Å². The minimum atomic E-state index is -1.06. The van der Waals surface area contributed by atoms with E-state index in [9.17, 15) is 9.90 Å². The molecule has 0 atom stereocenters. The number of fused-ring (bicyclic) bond motifs is 1. The summed E-state index contributed by atoms with van der Waals surface area (Å²) in [7, 11) is 1.68. The Balaban J connectivity index is 2.53. The van der Waals surface area contributed by atoms with Crippen LogP contribution in [0, 0.1) is 0 Å². The van der Waals surface area contributed by atoms with Gasteiger partial charge in [-0.1, -0.05) is 0 Å². The van der Waals surface area contributed by atoms with Gasteiger partial charge in [-0.25, -0.2) is 19.7 Å². The van der Waals surface area contributed by atoms with Crippen LogP contribution in [-0.4, -0.2) is 43.6 Å². The van der Waals surface area contributed by atoms with Crippen molar-refractivity contribution in [3.05, 3.63) is 12.7 Å². The van der Waals surface area contributed by atoms with Crippen molar-refractivity contribution in [1.29, 1.82) is 0 Å². The number of aliphatic carboxylic acids is 1. The molecule has 2 rings (SSSR count). The molecule has 2 N–H and O–H groups in total. The topological polar surface area (TPSA) is 95.0 Å². The first kappa shape index (κ1) is 11.3. The molecule has 0 aromatic carbocycles. The molecule has 7 heteroatoms. The molecule has 0 saturated heterocycles. The molecule has 0 aliphatic heterocycles. The largest absolute Gasteiger partial charge is 0.480 e. The summed E-state index contributed by atoms with van der Waals surface area (Å²) in [6, 6.07) is 0. The van der Waals surface area contributed by atoms with Gasteiger partial charge in [0.05, 0.1) is 6.33 Å². The lowest BCUT2D eigenvalue weighted by Gasteiger charge is -2.32. The third-order valence-corrected chi connectivity index (χ3v) is 2.88. The molecule has 90 valence electrons. The summed E-state index contributed by atoms with van der Waals surface area (Å²) in [5.74, 6) is -0.411. The smallest absolute Gasteiger partial charge is 0.328 e. The van der Waals surface area contributed by atoms with Gasteiger partial charge in [0.15, 0.2) is 11.5 Å². The molecule has 7 nitrogen and oxygen atoms in total. The Hall–Kier alpha value is -2.18. The second-order valence-corrected chi connectivity index (χ2v) is 4.22. The number of H-pyrrole nitrogens is 1. The molecule has 0 unspecified atom stereocenters. The number of rotatable bonds is 3. The van der Waals surface area contributed by atoms with Crippen LogP contribution < -0.4 is 4.90 Å². The molecule has 2 aromatic rings. The molecule has 0 saturated carbocycles. The lowest BCUT2D eigenvalue weighted by atomic mass is 10.0. The number of aromatic nitrogens is 4. The highest BCUT2D eigenvalue weighted by Crippen LogP contribution is 2.25. The predicted molar refractivity (Wildman–Crippen MR) is 61.8 cm³/mol. The van der Waals surface area contributed by atoms with Gasteiger partial charge in [-0.05, 0) is 13.8 Å². The van der Waals surface area contributed by atoms with Crippen molar-refractivity contribution in [1.82, 2.24) is 19.9 Å². The number of hydrogen-bond donors (Lipinski definition) is 2. The van der Waals surface area contributed by atoms with E-state index in [1.165, 1.54) is 12.7 Å². The maximum atomic E-state index is 11.2. The van der Waals surface area contributed by atoms with Gasteiger partial charge < -0.3 is 15.0 Å². The van der Waals surface area contributed by atoms with Gasteiger partial charge in [0.1, 0.15) is 17.4 Å². The molecule has 0 aliphatic rings. The predicted octanol–water partition coefficient (Wildman–Crippen LogP) is 0.652. The Kier molecular flexibility index (Phi) is 2.45. The van der Waals surface area contributed by atoms with Crippen LogP contribution in [0.25, 0.3) is 11.2 Å². The van der Waals surface area contributed by atoms with E-state index in [-0.39, 0.29) is 0 Å². The van der Waals surface area contributed by atoms with Crippen molar-refractivity contribution < 1.29 is 9.90 Å². The van der Waals surface area contributed by atoms with Crippen LogP contribution in [0.2, 0.25) is 0 Å². The summed E-state index contributed by atoms with van der Waals surface area (Å²) in [5.41, 5.74) is 0.0826. The fourth-order valence-electron chi connectivity index (χ4n) is 1.41. The van der Waals surface area contributed by atoms with E-state index in [2.05, 4.69) is 19.9 Å². The zero-order valence-corrected chi connectivity index (χ0v) is 9.80. The van der Waals surface area contributed by atoms with Crippen LogP contribution in [0.15, 0.2) is 12.7 Å². The molecule has 0 bridgehead atoms. The zero-order valence-electron chi connectivity index (χ0n) is 9.80. The Bertz CT molecular complexity index is 563. The van der Waals surface area contributed by atoms with E-state index in [0.717, 1.165) is 0 Å². The molecule has 17 heavy (non-hydrogen) atoms. The SMILES string of the molecule is CN(c1ncnc2nc[nH]c12)C(C)(C)C(=O)O. The maximum absolute atomic E-state index is 11.2. The summed E-state index contributed by atoms with van der Waals surface area (Å²) < 4.78 is 0. The molecule has 0 aliphatic carbocycles. The van der Waals surface area contributed by atoms with Crippen LogP contribution in [0.3, 0.4) is 0 Å². The zero-order chi connectivity index (χ0) is 12.6. The Morgan fingerprint density at radius 1 is 1.41 bits per heavy atom. The molecule has 0 radical (unpaired) electrons. The highest BCUT2D eigenvalue weighted by Gasteiger charge is 2.34. The van der Waals surface area contributed by atoms with E-state index >= 15 is 0 Å². The second kappa shape index (κ2) is 3.69. The maximum Gasteiger partial charge on any atom is 0.328 e. The molecule has 2 heterocycles. The van der Waals surface area contributed by atoms with Crippen LogP contribution >= 0.6 is 0 Å². The van der Waals surface area contributed by atoms with Gasteiger partial charge >= 0.3 is 5.97 Å². The minimum Gasteiger partial charge on any atom is -0.480 e. The fraction of sp³-hybridized carbons (Fsp3) is 0.400. The highest BCUT2D eigenvalue weighted by molar-refractivity contribution is 5.88. The lowest BCUT2D eigenvalue weighted by Crippen LogP contribution is -2.48. The Morgan fingerprint density at radius 3 is 2.76 bits per heavy atom. The second-order valence-electron chi connectivity index (χ2n) is 4.22. The third kappa shape index (κ3) is 1.69. The van der Waals surface area contributed by atoms with Gasteiger partial charge in [-0.3, -0.25) is 0 Å². The number of nitrogens with zero attached hydrogens (tertiary/aromatic N) is 4. The molecule has 0 fully saturated rings. The number of carboxylic acids is 1. The van der Waals surface area contributed by atoms with Crippen molar-refractivity contribution in [3.8, 4) is 0 Å². The molecular formula is C10H13N5O2. The lowest BCUT2D eigenvalue weighted by molar-refractivity contribution is -0.142. The van der Waals surface area contributed by atoms with Gasteiger partial charge in [-0.2, -0.15) is 0 Å². The van der Waals surface area contributed by atoms with Crippen LogP contribution in [0.4, 0.5) is 5.82 Å². The highest BCUT2D eigenvalue weighted by atomic mass is 16.4. The number of likely N-dealkylation sites (N-methyl/N-ethyl adjacent to an activating group) is 1. The number of nitrogens with one attached hydrogen (secondary N) is 1. The van der Waals surface area contributed by atoms with Crippen LogP contribution in [0.5, 0.6) is 0 Å². The third-order valence-electron chi connectivity index (χ3n) is 2.88. The van der Waals surface area contributed by atoms with Crippen molar-refractivity contribution in [2.75, 3.05) is 11.9 Å². The number of carbonyl (C=O) groups is 1. The number of aromatic amines is 1. The van der Waals surface area contributed by atoms with Gasteiger partial charge in [0.2, 0.25) is 0 Å². The first-order chi connectivity index (χ1) is 7.94. The summed E-state index contributed by atoms with van der Waals surface area (Å²) in [5, 5.41) is 9.18. The molecular weight excluding hydrogens is 222 g/mol. The number of hydrogen-bond acceptors (Lipinski definition) is 5. The van der Waals surface area contributed by atoms with E-state index in [0.29, 0.717) is 17.0 Å². The first-order valence-electron chi connectivity index (χ1n) is 5.06. The minimum absolute atomic E-state index is 0.514. The summed E-state index contributed by atoms with van der Waals surface area (Å²) in [4.78, 5) is 27.8. The summed E-state index contributed by atoms with van der Waals surface area (Å²) in [6.45, 7) is 3.22. The molecule has 0 spiro atoms. The van der Waals surface area contributed by atoms with Gasteiger partial charge in [0, 0.05) is 7.05 Å². The van der Waals surface area contributed by atoms with E-state index in [1.54, 1.807) is 25.8 Å². The number of carboxylic acid groups (broad SMARTS) is 1. The van der Waals surface area contributed by atoms with Crippen molar-refractivity contribution in [2.24, 2.45) is 0 Å². The number of imidazole rings is 1. The van der Waals surface area contributed by atoms with Crippen molar-refractivity contribution in [2.45, 2.75) is 19.4 Å². The first-order valence-corrected chi connectivity index (χ1v) is 5.06. The van der Waals surface area contributed by atoms with Crippen molar-refractivity contribution in [3.63, 3.8) is 0 Å². The normalized spacial score (nSPS) is 11.7. The Labute approximate surface area is 97.5 Å². The quantitative estimate of drug-likeness (QED) is 0.811. The monoisotopic (exact) mass is 235 g/mol. The standard InChI is InChI=1S/C10H13N5O2/c1-10(2,9(16)17)15(3)8-6-7(12-4-11-6)13-5-14-8/h4-5H,1-3H3,(H,16,17)(H,11,12,13,14). The average Bonchev–Trinajstić information content (AvgIpc) is 2.75. The van der Waals surface area contributed by atoms with Crippen LogP contribution in [-0.2, 0) is 4.79 Å². The van der Waals surface area contributed by atoms with E-state index in [1.807, 2.05) is 0 Å². The Morgan fingerprint density at radius 2 is 2.12 bits per heavy atom.